The molecule has 82 valence electrons. The molecule has 4 heteroatoms. The molecular formula is C12H11BrN2O. The summed E-state index contributed by atoms with van der Waals surface area (Å²) in [6, 6.07) is 7.70. The van der Waals surface area contributed by atoms with Crippen LogP contribution in [-0.2, 0) is 0 Å². The summed E-state index contributed by atoms with van der Waals surface area (Å²) in [6.07, 6.45) is 1.72. The molecule has 0 atom stereocenters. The normalized spacial score (nSPS) is 10.4. The molecule has 0 radical (unpaired) electrons. The largest absolute Gasteiger partial charge is 0.343 e. The van der Waals surface area contributed by atoms with Gasteiger partial charge in [-0.25, -0.2) is 0 Å². The molecule has 0 N–H and O–H groups in total. The van der Waals surface area contributed by atoms with E-state index in [0.717, 1.165) is 15.2 Å². The first-order valence-corrected chi connectivity index (χ1v) is 5.64. The third kappa shape index (κ3) is 2.07. The smallest absolute Gasteiger partial charge is 0.271 e. The van der Waals surface area contributed by atoms with Gasteiger partial charge in [0.15, 0.2) is 0 Å². The third-order valence-corrected chi connectivity index (χ3v) is 2.80. The number of hydrogen-bond donors (Lipinski definition) is 0. The van der Waals surface area contributed by atoms with Gasteiger partial charge < -0.3 is 4.90 Å². The quantitative estimate of drug-likeness (QED) is 0.804. The maximum Gasteiger partial charge on any atom is 0.271 e. The van der Waals surface area contributed by atoms with E-state index >= 15 is 0 Å². The van der Waals surface area contributed by atoms with E-state index in [0.29, 0.717) is 5.69 Å². The number of nitrogens with zero attached hydrogens (tertiary/aromatic N) is 2. The minimum absolute atomic E-state index is 0.0789. The van der Waals surface area contributed by atoms with Crippen LogP contribution in [0.25, 0.3) is 10.8 Å². The van der Waals surface area contributed by atoms with Crippen molar-refractivity contribution in [1.82, 2.24) is 9.88 Å². The van der Waals surface area contributed by atoms with E-state index in [2.05, 4.69) is 20.9 Å². The molecule has 0 spiro atoms. The van der Waals surface area contributed by atoms with E-state index in [4.69, 9.17) is 0 Å². The highest BCUT2D eigenvalue weighted by molar-refractivity contribution is 9.10. The Hall–Kier alpha value is -1.42. The summed E-state index contributed by atoms with van der Waals surface area (Å²) < 4.78 is 1.01. The minimum atomic E-state index is -0.0789. The van der Waals surface area contributed by atoms with Crippen LogP contribution in [0, 0.1) is 0 Å². The molecule has 1 heterocycles. The number of carbonyl (C=O) groups is 1. The molecule has 1 aromatic heterocycles. The summed E-state index contributed by atoms with van der Waals surface area (Å²) >= 11 is 3.40. The van der Waals surface area contributed by atoms with Crippen LogP contribution in [-0.4, -0.2) is 29.9 Å². The van der Waals surface area contributed by atoms with Crippen molar-refractivity contribution >= 4 is 32.6 Å². The molecular weight excluding hydrogens is 268 g/mol. The fourth-order valence-electron chi connectivity index (χ4n) is 1.46. The predicted octanol–water partition coefficient (Wildman–Crippen LogP) is 2.70. The van der Waals surface area contributed by atoms with Gasteiger partial charge in [-0.2, -0.15) is 0 Å². The van der Waals surface area contributed by atoms with Crippen LogP contribution < -0.4 is 0 Å². The molecule has 1 amide bonds. The average molecular weight is 279 g/mol. The van der Waals surface area contributed by atoms with Gasteiger partial charge in [-0.05, 0) is 23.6 Å². The van der Waals surface area contributed by atoms with Crippen LogP contribution in [0.15, 0.2) is 34.9 Å². The number of rotatable bonds is 1. The van der Waals surface area contributed by atoms with Crippen molar-refractivity contribution in [2.45, 2.75) is 0 Å². The molecule has 0 aliphatic carbocycles. The number of fused-ring (bicyclic) bond motifs is 1. The summed E-state index contributed by atoms with van der Waals surface area (Å²) in [5.41, 5.74) is 0.472. The third-order valence-electron chi connectivity index (χ3n) is 2.31. The Morgan fingerprint density at radius 3 is 2.69 bits per heavy atom. The van der Waals surface area contributed by atoms with Crippen molar-refractivity contribution < 1.29 is 4.79 Å². The molecule has 0 bridgehead atoms. The van der Waals surface area contributed by atoms with Gasteiger partial charge in [0.1, 0.15) is 5.69 Å². The molecule has 0 aliphatic heterocycles. The zero-order chi connectivity index (χ0) is 11.7. The van der Waals surface area contributed by atoms with Crippen molar-refractivity contribution in [2.24, 2.45) is 0 Å². The Bertz CT molecular complexity index is 552. The maximum atomic E-state index is 11.7. The average Bonchev–Trinajstić information content (AvgIpc) is 2.27. The molecule has 1 aromatic carbocycles. The van der Waals surface area contributed by atoms with Gasteiger partial charge >= 0.3 is 0 Å². The topological polar surface area (TPSA) is 33.2 Å². The standard InChI is InChI=1S/C12H11BrN2O/c1-15(2)12(16)11-6-8-3-4-10(13)5-9(8)7-14-11/h3-7H,1-2H3. The first-order chi connectivity index (χ1) is 7.58. The molecule has 0 fully saturated rings. The summed E-state index contributed by atoms with van der Waals surface area (Å²) in [5, 5.41) is 2.04. The van der Waals surface area contributed by atoms with E-state index in [1.54, 1.807) is 20.3 Å². The maximum absolute atomic E-state index is 11.7. The zero-order valence-corrected chi connectivity index (χ0v) is 10.7. The van der Waals surface area contributed by atoms with Gasteiger partial charge in [0.2, 0.25) is 0 Å². The molecule has 16 heavy (non-hydrogen) atoms. The highest BCUT2D eigenvalue weighted by Gasteiger charge is 2.09. The van der Waals surface area contributed by atoms with Gasteiger partial charge in [0.25, 0.3) is 5.91 Å². The second-order valence-electron chi connectivity index (χ2n) is 3.76. The van der Waals surface area contributed by atoms with Crippen LogP contribution in [0.2, 0.25) is 0 Å². The van der Waals surface area contributed by atoms with Crippen LogP contribution >= 0.6 is 15.9 Å². The van der Waals surface area contributed by atoms with Crippen LogP contribution in [0.1, 0.15) is 10.5 Å². The van der Waals surface area contributed by atoms with Gasteiger partial charge in [0, 0.05) is 30.2 Å². The highest BCUT2D eigenvalue weighted by atomic mass is 79.9. The Labute approximate surface area is 102 Å². The van der Waals surface area contributed by atoms with Gasteiger partial charge in [-0.3, -0.25) is 9.78 Å². The van der Waals surface area contributed by atoms with Crippen LogP contribution in [0.5, 0.6) is 0 Å². The fraction of sp³-hybridized carbons (Fsp3) is 0.167. The van der Waals surface area contributed by atoms with Crippen molar-refractivity contribution in [2.75, 3.05) is 14.1 Å². The monoisotopic (exact) mass is 278 g/mol. The van der Waals surface area contributed by atoms with E-state index < -0.39 is 0 Å². The Morgan fingerprint density at radius 1 is 1.25 bits per heavy atom. The van der Waals surface area contributed by atoms with Gasteiger partial charge in [-0.15, -0.1) is 0 Å². The zero-order valence-electron chi connectivity index (χ0n) is 9.07. The predicted molar refractivity (Wildman–Crippen MR) is 67.5 cm³/mol. The van der Waals surface area contributed by atoms with Crippen molar-refractivity contribution in [3.63, 3.8) is 0 Å². The van der Waals surface area contributed by atoms with Crippen molar-refractivity contribution in [1.29, 1.82) is 0 Å². The van der Waals surface area contributed by atoms with E-state index in [1.807, 2.05) is 24.3 Å². The molecule has 0 aliphatic rings. The van der Waals surface area contributed by atoms with Crippen molar-refractivity contribution in [3.8, 4) is 0 Å². The lowest BCUT2D eigenvalue weighted by atomic mass is 10.1. The number of amides is 1. The first-order valence-electron chi connectivity index (χ1n) is 4.85. The molecule has 3 nitrogen and oxygen atoms in total. The molecule has 2 aromatic rings. The summed E-state index contributed by atoms with van der Waals surface area (Å²) in [7, 11) is 3.44. The summed E-state index contributed by atoms with van der Waals surface area (Å²) in [4.78, 5) is 17.4. The second-order valence-corrected chi connectivity index (χ2v) is 4.68. The first kappa shape index (κ1) is 11.1. The summed E-state index contributed by atoms with van der Waals surface area (Å²) in [5.74, 6) is -0.0789. The molecule has 0 unspecified atom stereocenters. The molecule has 0 saturated heterocycles. The Kier molecular flexibility index (Phi) is 2.92. The van der Waals surface area contributed by atoms with Crippen molar-refractivity contribution in [3.05, 3.63) is 40.6 Å². The summed E-state index contributed by atoms with van der Waals surface area (Å²) in [6.45, 7) is 0. The van der Waals surface area contributed by atoms with Gasteiger partial charge in [0.05, 0.1) is 0 Å². The van der Waals surface area contributed by atoms with Crippen LogP contribution in [0.3, 0.4) is 0 Å². The highest BCUT2D eigenvalue weighted by Crippen LogP contribution is 2.19. The van der Waals surface area contributed by atoms with E-state index in [-0.39, 0.29) is 5.91 Å². The number of hydrogen-bond acceptors (Lipinski definition) is 2. The second kappa shape index (κ2) is 4.22. The SMILES string of the molecule is CN(C)C(=O)c1cc2ccc(Br)cc2cn1. The number of carbonyl (C=O) groups excluding carboxylic acids is 1. The number of halogens is 1. The lowest BCUT2D eigenvalue weighted by Crippen LogP contribution is -2.22. The van der Waals surface area contributed by atoms with Crippen LogP contribution in [0.4, 0.5) is 0 Å². The minimum Gasteiger partial charge on any atom is -0.343 e. The molecule has 2 rings (SSSR count). The Balaban J connectivity index is 2.52. The fourth-order valence-corrected chi connectivity index (χ4v) is 1.84. The number of aromatic nitrogens is 1. The lowest BCUT2D eigenvalue weighted by molar-refractivity contribution is 0.0822. The number of benzene rings is 1. The van der Waals surface area contributed by atoms with E-state index in [9.17, 15) is 4.79 Å². The van der Waals surface area contributed by atoms with E-state index in [1.165, 1.54) is 4.90 Å². The number of pyridine rings is 1. The lowest BCUT2D eigenvalue weighted by Gasteiger charge is -2.09. The Morgan fingerprint density at radius 2 is 2.00 bits per heavy atom. The molecule has 0 saturated carbocycles. The van der Waals surface area contributed by atoms with Gasteiger partial charge in [-0.1, -0.05) is 22.0 Å².